The molecule has 0 saturated heterocycles. The molecule has 1 unspecified atom stereocenters. The number of methoxy groups -OCH3 is 1. The van der Waals surface area contributed by atoms with Crippen molar-refractivity contribution in [3.63, 3.8) is 0 Å². The van der Waals surface area contributed by atoms with E-state index in [0.29, 0.717) is 5.75 Å². The molecule has 2 aliphatic rings. The zero-order valence-electron chi connectivity index (χ0n) is 18.9. The predicted molar refractivity (Wildman–Crippen MR) is 129 cm³/mol. The van der Waals surface area contributed by atoms with Crippen LogP contribution in [0.1, 0.15) is 34.7 Å². The van der Waals surface area contributed by atoms with Crippen molar-refractivity contribution in [3.8, 4) is 11.5 Å². The first-order valence-corrected chi connectivity index (χ1v) is 11.2. The lowest BCUT2D eigenvalue weighted by Crippen LogP contribution is -2.49. The van der Waals surface area contributed by atoms with Gasteiger partial charge in [0.25, 0.3) is 0 Å². The van der Waals surface area contributed by atoms with Crippen LogP contribution in [0.15, 0.2) is 66.7 Å². The zero-order chi connectivity index (χ0) is 23.0. The highest BCUT2D eigenvalue weighted by Crippen LogP contribution is 2.45. The second kappa shape index (κ2) is 8.32. The van der Waals surface area contributed by atoms with Crippen molar-refractivity contribution in [3.05, 3.63) is 94.6 Å². The average molecular weight is 442 g/mol. The summed E-state index contributed by atoms with van der Waals surface area (Å²) in [7, 11) is 1.37. The lowest BCUT2D eigenvalue weighted by atomic mass is 9.76. The van der Waals surface area contributed by atoms with Gasteiger partial charge in [0.15, 0.2) is 0 Å². The quantitative estimate of drug-likeness (QED) is 0.464. The van der Waals surface area contributed by atoms with Gasteiger partial charge < -0.3 is 19.5 Å². The Kier molecular flexibility index (Phi) is 5.33. The van der Waals surface area contributed by atoms with E-state index >= 15 is 0 Å². The van der Waals surface area contributed by atoms with E-state index in [2.05, 4.69) is 46.9 Å². The zero-order valence-corrected chi connectivity index (χ0v) is 18.9. The van der Waals surface area contributed by atoms with Gasteiger partial charge in [-0.2, -0.15) is 0 Å². The summed E-state index contributed by atoms with van der Waals surface area (Å²) < 4.78 is 10.4. The fraction of sp³-hybridized carbons (Fsp3) is 0.250. The Morgan fingerprint density at radius 1 is 1.06 bits per heavy atom. The molecule has 3 aromatic carbocycles. The smallest absolute Gasteiger partial charge is 0.330 e. The number of fused-ring (bicyclic) bond motifs is 2. The van der Waals surface area contributed by atoms with Gasteiger partial charge in [-0.25, -0.2) is 4.79 Å². The molecule has 1 atom stereocenters. The molecule has 0 bridgehead atoms. The number of hydrogen-bond donors (Lipinski definition) is 1. The highest BCUT2D eigenvalue weighted by atomic mass is 16.5. The third-order valence-electron chi connectivity index (χ3n) is 6.83. The summed E-state index contributed by atoms with van der Waals surface area (Å²) in [5.41, 5.74) is 6.38. The van der Waals surface area contributed by atoms with Crippen LogP contribution in [0.2, 0.25) is 0 Å². The number of nitrogens with zero attached hydrogens (tertiary/aromatic N) is 1. The maximum absolute atomic E-state index is 11.5. The fourth-order valence-electron chi connectivity index (χ4n) is 5.05. The van der Waals surface area contributed by atoms with Gasteiger partial charge in [-0.05, 0) is 77.6 Å². The largest absolute Gasteiger partial charge is 0.508 e. The molecule has 0 fully saturated rings. The van der Waals surface area contributed by atoms with Crippen molar-refractivity contribution in [2.45, 2.75) is 25.3 Å². The fourth-order valence-corrected chi connectivity index (χ4v) is 5.05. The number of hydrogen-bond acceptors (Lipinski definition) is 5. The number of aromatic hydroxyl groups is 1. The molecule has 5 rings (SSSR count). The average Bonchev–Trinajstić information content (AvgIpc) is 3.31. The Morgan fingerprint density at radius 3 is 2.67 bits per heavy atom. The molecule has 0 amide bonds. The molecule has 0 radical (unpaired) electrons. The van der Waals surface area contributed by atoms with Crippen LogP contribution < -0.4 is 9.64 Å². The molecule has 0 aromatic heterocycles. The summed E-state index contributed by atoms with van der Waals surface area (Å²) in [5, 5.41) is 10.1. The monoisotopic (exact) mass is 441 g/mol. The number of anilines is 1. The van der Waals surface area contributed by atoms with Crippen molar-refractivity contribution in [1.29, 1.82) is 0 Å². The van der Waals surface area contributed by atoms with Crippen molar-refractivity contribution >= 4 is 17.7 Å². The minimum atomic E-state index is -0.431. The van der Waals surface area contributed by atoms with Crippen molar-refractivity contribution in [2.24, 2.45) is 0 Å². The minimum absolute atomic E-state index is 0.294. The topological polar surface area (TPSA) is 59.0 Å². The Hall–Kier alpha value is -3.73. The standard InChI is InChI=1S/C28H27NO4/c1-28(22-6-3-19(4-7-22)5-12-27(31)32-2)25-10-9-24(30)18-20(25)13-15-29(28)23-8-11-26-21(17-23)14-16-33-26/h3-12,17-18,30H,13-16H2,1-2H3/b12-5+. The maximum Gasteiger partial charge on any atom is 0.330 e. The Labute approximate surface area is 193 Å². The number of phenolic OH excluding ortho intramolecular Hbond substituents is 1. The van der Waals surface area contributed by atoms with Crippen LogP contribution >= 0.6 is 0 Å². The molecule has 3 aromatic rings. The molecule has 0 spiro atoms. The van der Waals surface area contributed by atoms with Gasteiger partial charge in [-0.3, -0.25) is 0 Å². The van der Waals surface area contributed by atoms with Crippen molar-refractivity contribution in [2.75, 3.05) is 25.2 Å². The van der Waals surface area contributed by atoms with E-state index in [4.69, 9.17) is 4.74 Å². The minimum Gasteiger partial charge on any atom is -0.508 e. The van der Waals surface area contributed by atoms with Gasteiger partial charge in [-0.1, -0.05) is 30.3 Å². The van der Waals surface area contributed by atoms with E-state index in [1.54, 1.807) is 12.1 Å². The predicted octanol–water partition coefficient (Wildman–Crippen LogP) is 4.84. The van der Waals surface area contributed by atoms with E-state index < -0.39 is 5.54 Å². The van der Waals surface area contributed by atoms with Crippen LogP contribution in [0.3, 0.4) is 0 Å². The first kappa shape index (κ1) is 21.1. The third kappa shape index (κ3) is 3.74. The van der Waals surface area contributed by atoms with Crippen LogP contribution in [0.5, 0.6) is 11.5 Å². The van der Waals surface area contributed by atoms with Crippen molar-refractivity contribution < 1.29 is 19.4 Å². The molecule has 0 aliphatic carbocycles. The Morgan fingerprint density at radius 2 is 1.88 bits per heavy atom. The highest BCUT2D eigenvalue weighted by Gasteiger charge is 2.40. The summed E-state index contributed by atoms with van der Waals surface area (Å²) in [5.74, 6) is 0.894. The van der Waals surface area contributed by atoms with Crippen LogP contribution in [-0.4, -0.2) is 31.3 Å². The van der Waals surface area contributed by atoms with Crippen LogP contribution in [0, 0.1) is 0 Å². The second-order valence-corrected chi connectivity index (χ2v) is 8.68. The molecular formula is C28H27NO4. The summed E-state index contributed by atoms with van der Waals surface area (Å²) in [6.07, 6.45) is 4.96. The molecule has 2 aliphatic heterocycles. The summed E-state index contributed by atoms with van der Waals surface area (Å²) >= 11 is 0. The number of rotatable bonds is 4. The van der Waals surface area contributed by atoms with Crippen LogP contribution in [0.4, 0.5) is 5.69 Å². The van der Waals surface area contributed by atoms with E-state index in [1.807, 2.05) is 24.3 Å². The Bertz CT molecular complexity index is 1230. The summed E-state index contributed by atoms with van der Waals surface area (Å²) in [6, 6.07) is 20.4. The molecule has 33 heavy (non-hydrogen) atoms. The molecule has 2 heterocycles. The third-order valence-corrected chi connectivity index (χ3v) is 6.83. The molecular weight excluding hydrogens is 414 g/mol. The molecule has 1 N–H and O–H groups in total. The molecule has 5 heteroatoms. The first-order chi connectivity index (χ1) is 16.0. The maximum atomic E-state index is 11.5. The van der Waals surface area contributed by atoms with Crippen molar-refractivity contribution in [1.82, 2.24) is 0 Å². The van der Waals surface area contributed by atoms with Gasteiger partial charge in [0.05, 0.1) is 19.3 Å². The Balaban J connectivity index is 1.59. The lowest BCUT2D eigenvalue weighted by Gasteiger charge is -2.48. The van der Waals surface area contributed by atoms with Crippen LogP contribution in [-0.2, 0) is 27.9 Å². The second-order valence-electron chi connectivity index (χ2n) is 8.68. The number of ether oxygens (including phenoxy) is 2. The first-order valence-electron chi connectivity index (χ1n) is 11.2. The van der Waals surface area contributed by atoms with Crippen LogP contribution in [0.25, 0.3) is 6.08 Å². The number of carbonyl (C=O) groups is 1. The molecule has 0 saturated carbocycles. The number of esters is 1. The molecule has 168 valence electrons. The number of phenols is 1. The number of carbonyl (C=O) groups excluding carboxylic acids is 1. The normalized spacial score (nSPS) is 19.2. The van der Waals surface area contributed by atoms with Gasteiger partial charge in [-0.15, -0.1) is 0 Å². The molecule has 5 nitrogen and oxygen atoms in total. The lowest BCUT2D eigenvalue weighted by molar-refractivity contribution is -0.134. The number of benzene rings is 3. The van der Waals surface area contributed by atoms with Gasteiger partial charge in [0.2, 0.25) is 0 Å². The van der Waals surface area contributed by atoms with E-state index in [9.17, 15) is 9.90 Å². The van der Waals surface area contributed by atoms with E-state index in [0.717, 1.165) is 54.1 Å². The van der Waals surface area contributed by atoms with Gasteiger partial charge in [0, 0.05) is 24.7 Å². The SMILES string of the molecule is COC(=O)/C=C/c1ccc(C2(C)c3ccc(O)cc3CCN2c2ccc3c(c2)CCO3)cc1. The summed E-state index contributed by atoms with van der Waals surface area (Å²) in [4.78, 5) is 13.9. The van der Waals surface area contributed by atoms with Gasteiger partial charge >= 0.3 is 5.97 Å². The van der Waals surface area contributed by atoms with E-state index in [1.165, 1.54) is 24.3 Å². The summed E-state index contributed by atoms with van der Waals surface area (Å²) in [6.45, 7) is 3.81. The van der Waals surface area contributed by atoms with Gasteiger partial charge in [0.1, 0.15) is 11.5 Å². The van der Waals surface area contributed by atoms with E-state index in [-0.39, 0.29) is 5.97 Å². The highest BCUT2D eigenvalue weighted by molar-refractivity contribution is 5.86.